The monoisotopic (exact) mass is 214 g/mol. The third kappa shape index (κ3) is 3.18. The molecule has 1 unspecified atom stereocenters. The Balaban J connectivity index is 1.62. The predicted molar refractivity (Wildman–Crippen MR) is 53.7 cm³/mol. The van der Waals surface area contributed by atoms with Gasteiger partial charge in [0.25, 0.3) is 0 Å². The summed E-state index contributed by atoms with van der Waals surface area (Å²) in [6.45, 7) is 2.97. The second-order valence-electron chi connectivity index (χ2n) is 4.82. The van der Waals surface area contributed by atoms with Crippen molar-refractivity contribution in [3.8, 4) is 0 Å². The summed E-state index contributed by atoms with van der Waals surface area (Å²) < 4.78 is 10.8. The van der Waals surface area contributed by atoms with Crippen molar-refractivity contribution in [2.75, 3.05) is 26.4 Å². The van der Waals surface area contributed by atoms with Gasteiger partial charge in [0, 0.05) is 17.9 Å². The molecule has 1 aliphatic heterocycles. The van der Waals surface area contributed by atoms with Gasteiger partial charge >= 0.3 is 5.97 Å². The van der Waals surface area contributed by atoms with Gasteiger partial charge in [-0.15, -0.1) is 0 Å². The van der Waals surface area contributed by atoms with Crippen molar-refractivity contribution in [3.05, 3.63) is 0 Å². The third-order valence-electron chi connectivity index (χ3n) is 3.27. The van der Waals surface area contributed by atoms with Crippen LogP contribution in [0.2, 0.25) is 0 Å². The van der Waals surface area contributed by atoms with Crippen LogP contribution in [0, 0.1) is 11.3 Å². The molecule has 0 aromatic carbocycles. The highest BCUT2D eigenvalue weighted by Crippen LogP contribution is 2.49. The maximum Gasteiger partial charge on any atom is 0.303 e. The number of carboxylic acid groups (broad SMARTS) is 1. The summed E-state index contributed by atoms with van der Waals surface area (Å²) >= 11 is 0. The Labute approximate surface area is 89.6 Å². The predicted octanol–water partition coefficient (Wildman–Crippen LogP) is 1.29. The largest absolute Gasteiger partial charge is 0.481 e. The molecule has 0 aromatic heterocycles. The SMILES string of the molecule is O=C(O)CC1(COCC2CCOC2)CC1. The zero-order valence-electron chi connectivity index (χ0n) is 8.91. The minimum absolute atomic E-state index is 0.0364. The van der Waals surface area contributed by atoms with Crippen LogP contribution in [-0.4, -0.2) is 37.5 Å². The van der Waals surface area contributed by atoms with E-state index < -0.39 is 5.97 Å². The first-order chi connectivity index (χ1) is 7.20. The summed E-state index contributed by atoms with van der Waals surface area (Å²) in [5.41, 5.74) is -0.0364. The molecule has 1 saturated heterocycles. The summed E-state index contributed by atoms with van der Waals surface area (Å²) in [6, 6.07) is 0. The number of ether oxygens (including phenoxy) is 2. The van der Waals surface area contributed by atoms with E-state index in [2.05, 4.69) is 0 Å². The van der Waals surface area contributed by atoms with Gasteiger partial charge in [-0.3, -0.25) is 4.79 Å². The summed E-state index contributed by atoms with van der Waals surface area (Å²) in [5, 5.41) is 8.72. The van der Waals surface area contributed by atoms with Gasteiger partial charge in [-0.25, -0.2) is 0 Å². The normalized spacial score (nSPS) is 27.9. The molecule has 4 nitrogen and oxygen atoms in total. The van der Waals surface area contributed by atoms with Crippen molar-refractivity contribution in [3.63, 3.8) is 0 Å². The van der Waals surface area contributed by atoms with Crippen molar-refractivity contribution < 1.29 is 19.4 Å². The Hall–Kier alpha value is -0.610. The molecule has 1 N–H and O–H groups in total. The van der Waals surface area contributed by atoms with Gasteiger partial charge in [0.05, 0.1) is 26.2 Å². The molecule has 0 amide bonds. The van der Waals surface area contributed by atoms with E-state index in [1.807, 2.05) is 0 Å². The van der Waals surface area contributed by atoms with E-state index in [1.165, 1.54) is 0 Å². The van der Waals surface area contributed by atoms with Crippen LogP contribution in [0.5, 0.6) is 0 Å². The van der Waals surface area contributed by atoms with E-state index in [0.29, 0.717) is 12.5 Å². The van der Waals surface area contributed by atoms with Gasteiger partial charge in [-0.05, 0) is 19.3 Å². The molecule has 4 heteroatoms. The van der Waals surface area contributed by atoms with Gasteiger partial charge in [-0.1, -0.05) is 0 Å². The molecule has 0 radical (unpaired) electrons. The molecule has 0 bridgehead atoms. The summed E-state index contributed by atoms with van der Waals surface area (Å²) in [7, 11) is 0. The van der Waals surface area contributed by atoms with Gasteiger partial charge in [0.1, 0.15) is 0 Å². The Morgan fingerprint density at radius 1 is 1.53 bits per heavy atom. The zero-order chi connectivity index (χ0) is 10.7. The molecule has 15 heavy (non-hydrogen) atoms. The lowest BCUT2D eigenvalue weighted by atomic mass is 10.0. The maximum atomic E-state index is 10.6. The number of carbonyl (C=O) groups is 1. The minimum Gasteiger partial charge on any atom is -0.481 e. The average Bonchev–Trinajstić information content (AvgIpc) is 2.74. The lowest BCUT2D eigenvalue weighted by molar-refractivity contribution is -0.139. The standard InChI is InChI=1S/C11H18O4/c12-10(13)5-11(2-3-11)8-15-7-9-1-4-14-6-9/h9H,1-8H2,(H,12,13). The molecule has 2 fully saturated rings. The van der Waals surface area contributed by atoms with Crippen LogP contribution in [0.1, 0.15) is 25.7 Å². The quantitative estimate of drug-likeness (QED) is 0.724. The number of carboxylic acids is 1. The molecule has 1 heterocycles. The Bertz CT molecular complexity index is 229. The molecular formula is C11H18O4. The van der Waals surface area contributed by atoms with Crippen LogP contribution in [0.3, 0.4) is 0 Å². The van der Waals surface area contributed by atoms with E-state index in [0.717, 1.165) is 39.1 Å². The first kappa shape index (κ1) is 10.9. The number of aliphatic carboxylic acids is 1. The third-order valence-corrected chi connectivity index (χ3v) is 3.27. The minimum atomic E-state index is -0.708. The smallest absolute Gasteiger partial charge is 0.303 e. The van der Waals surface area contributed by atoms with Gasteiger partial charge in [-0.2, -0.15) is 0 Å². The second kappa shape index (κ2) is 4.49. The molecule has 1 saturated carbocycles. The Morgan fingerprint density at radius 3 is 2.87 bits per heavy atom. The molecule has 86 valence electrons. The molecule has 0 spiro atoms. The Kier molecular flexibility index (Phi) is 3.26. The first-order valence-electron chi connectivity index (χ1n) is 5.57. The van der Waals surface area contributed by atoms with Crippen LogP contribution in [0.4, 0.5) is 0 Å². The highest BCUT2D eigenvalue weighted by atomic mass is 16.5. The van der Waals surface area contributed by atoms with Crippen molar-refractivity contribution in [2.45, 2.75) is 25.7 Å². The average molecular weight is 214 g/mol. The van der Waals surface area contributed by atoms with Crippen LogP contribution in [0.25, 0.3) is 0 Å². The van der Waals surface area contributed by atoms with Crippen molar-refractivity contribution in [1.82, 2.24) is 0 Å². The van der Waals surface area contributed by atoms with E-state index >= 15 is 0 Å². The molecule has 2 aliphatic rings. The molecule has 2 rings (SSSR count). The fraction of sp³-hybridized carbons (Fsp3) is 0.909. The molecule has 1 atom stereocenters. The van der Waals surface area contributed by atoms with E-state index in [9.17, 15) is 4.79 Å². The van der Waals surface area contributed by atoms with Crippen molar-refractivity contribution in [2.24, 2.45) is 11.3 Å². The van der Waals surface area contributed by atoms with E-state index in [1.54, 1.807) is 0 Å². The van der Waals surface area contributed by atoms with Crippen LogP contribution < -0.4 is 0 Å². The molecular weight excluding hydrogens is 196 g/mol. The number of hydrogen-bond acceptors (Lipinski definition) is 3. The highest BCUT2D eigenvalue weighted by Gasteiger charge is 2.44. The molecule has 1 aliphatic carbocycles. The number of rotatable bonds is 6. The van der Waals surface area contributed by atoms with Crippen molar-refractivity contribution >= 4 is 5.97 Å². The summed E-state index contributed by atoms with van der Waals surface area (Å²) in [5.74, 6) is -0.189. The van der Waals surface area contributed by atoms with Crippen LogP contribution in [0.15, 0.2) is 0 Å². The highest BCUT2D eigenvalue weighted by molar-refractivity contribution is 5.68. The van der Waals surface area contributed by atoms with Gasteiger partial charge < -0.3 is 14.6 Å². The van der Waals surface area contributed by atoms with Gasteiger partial charge in [0.15, 0.2) is 0 Å². The Morgan fingerprint density at radius 2 is 2.33 bits per heavy atom. The number of hydrogen-bond donors (Lipinski definition) is 1. The second-order valence-corrected chi connectivity index (χ2v) is 4.82. The lowest BCUT2D eigenvalue weighted by Gasteiger charge is -2.14. The van der Waals surface area contributed by atoms with Crippen molar-refractivity contribution in [1.29, 1.82) is 0 Å². The van der Waals surface area contributed by atoms with Gasteiger partial charge in [0.2, 0.25) is 0 Å². The zero-order valence-corrected chi connectivity index (χ0v) is 8.91. The summed E-state index contributed by atoms with van der Waals surface area (Å²) in [4.78, 5) is 10.6. The fourth-order valence-corrected chi connectivity index (χ4v) is 2.03. The van der Waals surface area contributed by atoms with Crippen LogP contribution in [-0.2, 0) is 14.3 Å². The van der Waals surface area contributed by atoms with E-state index in [-0.39, 0.29) is 11.8 Å². The topological polar surface area (TPSA) is 55.8 Å². The lowest BCUT2D eigenvalue weighted by Crippen LogP contribution is -2.18. The fourth-order valence-electron chi connectivity index (χ4n) is 2.03. The first-order valence-corrected chi connectivity index (χ1v) is 5.57. The summed E-state index contributed by atoms with van der Waals surface area (Å²) in [6.07, 6.45) is 3.33. The van der Waals surface area contributed by atoms with Crippen LogP contribution >= 0.6 is 0 Å². The maximum absolute atomic E-state index is 10.6. The molecule has 0 aromatic rings. The van der Waals surface area contributed by atoms with E-state index in [4.69, 9.17) is 14.6 Å².